The predicted octanol–water partition coefficient (Wildman–Crippen LogP) is 0.0328. The van der Waals surface area contributed by atoms with Crippen LogP contribution >= 0.6 is 0 Å². The third-order valence-corrected chi connectivity index (χ3v) is 2.82. The van der Waals surface area contributed by atoms with Gasteiger partial charge in [-0.3, -0.25) is 14.4 Å². The van der Waals surface area contributed by atoms with Gasteiger partial charge in [-0.15, -0.1) is 0 Å². The van der Waals surface area contributed by atoms with Crippen LogP contribution in [-0.4, -0.2) is 41.2 Å². The monoisotopic (exact) mass is 282 g/mol. The summed E-state index contributed by atoms with van der Waals surface area (Å²) in [5.74, 6) is -4.50. The van der Waals surface area contributed by atoms with Crippen molar-refractivity contribution < 1.29 is 32.7 Å². The first-order valence-corrected chi connectivity index (χ1v) is 5.53. The number of aliphatic carboxylic acids is 1. The molecule has 1 heterocycles. The highest BCUT2D eigenvalue weighted by Gasteiger charge is 2.46. The lowest BCUT2D eigenvalue weighted by Gasteiger charge is -2.30. The van der Waals surface area contributed by atoms with Gasteiger partial charge in [-0.05, 0) is 19.8 Å². The van der Waals surface area contributed by atoms with Gasteiger partial charge in [-0.1, -0.05) is 0 Å². The summed E-state index contributed by atoms with van der Waals surface area (Å²) in [6, 6.07) is -3.17. The van der Waals surface area contributed by atoms with E-state index in [9.17, 15) is 27.6 Å². The number of alkyl halides is 3. The Bertz CT molecular complexity index is 397. The minimum Gasteiger partial charge on any atom is -0.480 e. The van der Waals surface area contributed by atoms with Gasteiger partial charge in [0.2, 0.25) is 11.8 Å². The Labute approximate surface area is 106 Å². The van der Waals surface area contributed by atoms with Crippen molar-refractivity contribution >= 4 is 17.8 Å². The van der Waals surface area contributed by atoms with Crippen LogP contribution in [0.4, 0.5) is 13.2 Å². The van der Waals surface area contributed by atoms with Crippen molar-refractivity contribution in [2.45, 2.75) is 38.0 Å². The normalized spacial score (nSPS) is 25.4. The van der Waals surface area contributed by atoms with Gasteiger partial charge in [0.25, 0.3) is 0 Å². The Morgan fingerprint density at radius 1 is 1.42 bits per heavy atom. The standard InChI is InChI=1S/C10H13F3N2O4/c1-4(9(18)19)14-7(16)5-2-3-6(10(11,12)13)15-8(5)17/h4-6H,2-3H2,1H3,(H,14,16)(H,15,17)(H,18,19)/t4-,5-,6-/m0/s1. The fourth-order valence-corrected chi connectivity index (χ4v) is 1.68. The quantitative estimate of drug-likeness (QED) is 0.636. The third kappa shape index (κ3) is 3.83. The van der Waals surface area contributed by atoms with Crippen molar-refractivity contribution in [3.8, 4) is 0 Å². The van der Waals surface area contributed by atoms with E-state index in [1.54, 1.807) is 5.32 Å². The zero-order valence-electron chi connectivity index (χ0n) is 9.95. The number of carboxylic acid groups (broad SMARTS) is 1. The molecule has 0 aromatic heterocycles. The van der Waals surface area contributed by atoms with Crippen LogP contribution in [0.5, 0.6) is 0 Å². The van der Waals surface area contributed by atoms with E-state index in [0.29, 0.717) is 0 Å². The largest absolute Gasteiger partial charge is 0.480 e. The van der Waals surface area contributed by atoms with Gasteiger partial charge >= 0.3 is 12.1 Å². The zero-order valence-corrected chi connectivity index (χ0v) is 9.95. The number of amides is 2. The molecular weight excluding hydrogens is 269 g/mol. The van der Waals surface area contributed by atoms with Gasteiger partial charge in [-0.25, -0.2) is 0 Å². The Balaban J connectivity index is 2.61. The number of carbonyl (C=O) groups is 3. The molecule has 3 N–H and O–H groups in total. The molecule has 3 atom stereocenters. The first kappa shape index (κ1) is 15.3. The van der Waals surface area contributed by atoms with E-state index in [0.717, 1.165) is 0 Å². The lowest BCUT2D eigenvalue weighted by atomic mass is 9.92. The molecule has 0 unspecified atom stereocenters. The highest BCUT2D eigenvalue weighted by atomic mass is 19.4. The molecule has 9 heteroatoms. The van der Waals surface area contributed by atoms with E-state index in [-0.39, 0.29) is 6.42 Å². The molecule has 0 saturated carbocycles. The molecule has 1 aliphatic rings. The van der Waals surface area contributed by atoms with Crippen LogP contribution in [0.1, 0.15) is 19.8 Å². The second-order valence-corrected chi connectivity index (χ2v) is 4.30. The molecule has 6 nitrogen and oxygen atoms in total. The lowest BCUT2D eigenvalue weighted by molar-refractivity contribution is -0.171. The van der Waals surface area contributed by atoms with E-state index >= 15 is 0 Å². The number of hydrogen-bond donors (Lipinski definition) is 3. The zero-order chi connectivity index (χ0) is 14.8. The van der Waals surface area contributed by atoms with Crippen molar-refractivity contribution in [2.24, 2.45) is 5.92 Å². The molecule has 19 heavy (non-hydrogen) atoms. The number of carbonyl (C=O) groups excluding carboxylic acids is 2. The Morgan fingerprint density at radius 2 is 2.00 bits per heavy atom. The van der Waals surface area contributed by atoms with E-state index in [2.05, 4.69) is 5.32 Å². The highest BCUT2D eigenvalue weighted by Crippen LogP contribution is 2.28. The predicted molar refractivity (Wildman–Crippen MR) is 56.0 cm³/mol. The maximum atomic E-state index is 12.4. The highest BCUT2D eigenvalue weighted by molar-refractivity contribution is 6.01. The van der Waals surface area contributed by atoms with Crippen molar-refractivity contribution in [1.29, 1.82) is 0 Å². The number of halogens is 3. The number of rotatable bonds is 3. The average molecular weight is 282 g/mol. The van der Waals surface area contributed by atoms with Crippen LogP contribution < -0.4 is 10.6 Å². The number of carboxylic acids is 1. The van der Waals surface area contributed by atoms with Crippen molar-refractivity contribution in [2.75, 3.05) is 0 Å². The van der Waals surface area contributed by atoms with Gasteiger partial charge in [0.1, 0.15) is 18.0 Å². The van der Waals surface area contributed by atoms with E-state index < -0.39 is 48.4 Å². The second-order valence-electron chi connectivity index (χ2n) is 4.30. The van der Waals surface area contributed by atoms with Crippen molar-refractivity contribution in [3.05, 3.63) is 0 Å². The summed E-state index contributed by atoms with van der Waals surface area (Å²) >= 11 is 0. The summed E-state index contributed by atoms with van der Waals surface area (Å²) in [6.45, 7) is 1.19. The van der Waals surface area contributed by atoms with Crippen molar-refractivity contribution in [1.82, 2.24) is 10.6 Å². The summed E-state index contributed by atoms with van der Waals surface area (Å²) in [6.07, 6.45) is -5.23. The topological polar surface area (TPSA) is 95.5 Å². The molecule has 0 spiro atoms. The smallest absolute Gasteiger partial charge is 0.408 e. The molecular formula is C10H13F3N2O4. The summed E-state index contributed by atoms with van der Waals surface area (Å²) < 4.78 is 37.1. The molecule has 2 amide bonds. The van der Waals surface area contributed by atoms with Crippen LogP contribution in [0.15, 0.2) is 0 Å². The molecule has 0 radical (unpaired) electrons. The van der Waals surface area contributed by atoms with Crippen LogP contribution in [-0.2, 0) is 14.4 Å². The maximum absolute atomic E-state index is 12.4. The molecule has 108 valence electrons. The van der Waals surface area contributed by atoms with Crippen molar-refractivity contribution in [3.63, 3.8) is 0 Å². The molecule has 0 aliphatic carbocycles. The van der Waals surface area contributed by atoms with E-state index in [1.807, 2.05) is 0 Å². The van der Waals surface area contributed by atoms with E-state index in [4.69, 9.17) is 5.11 Å². The fraction of sp³-hybridized carbons (Fsp3) is 0.700. The molecule has 0 bridgehead atoms. The first-order chi connectivity index (χ1) is 8.62. The summed E-state index contributed by atoms with van der Waals surface area (Å²) in [5, 5.41) is 12.3. The Morgan fingerprint density at radius 3 is 2.42 bits per heavy atom. The Kier molecular flexibility index (Phi) is 4.38. The van der Waals surface area contributed by atoms with Gasteiger partial charge in [-0.2, -0.15) is 13.2 Å². The van der Waals surface area contributed by atoms with Gasteiger partial charge < -0.3 is 15.7 Å². The number of piperidine rings is 1. The van der Waals surface area contributed by atoms with Gasteiger partial charge in [0.05, 0.1) is 0 Å². The first-order valence-electron chi connectivity index (χ1n) is 5.53. The molecule has 0 aromatic rings. The molecule has 0 aromatic carbocycles. The van der Waals surface area contributed by atoms with Crippen LogP contribution in [0.2, 0.25) is 0 Å². The average Bonchev–Trinajstić information content (AvgIpc) is 2.27. The van der Waals surface area contributed by atoms with Crippen LogP contribution in [0, 0.1) is 5.92 Å². The van der Waals surface area contributed by atoms with Gasteiger partial charge in [0, 0.05) is 0 Å². The van der Waals surface area contributed by atoms with Gasteiger partial charge in [0.15, 0.2) is 0 Å². The molecule has 1 saturated heterocycles. The third-order valence-electron chi connectivity index (χ3n) is 2.82. The summed E-state index contributed by atoms with van der Waals surface area (Å²) in [4.78, 5) is 33.5. The molecule has 1 fully saturated rings. The number of hydrogen-bond acceptors (Lipinski definition) is 3. The van der Waals surface area contributed by atoms with E-state index in [1.165, 1.54) is 6.92 Å². The summed E-state index contributed by atoms with van der Waals surface area (Å²) in [7, 11) is 0. The minimum atomic E-state index is -4.55. The SMILES string of the molecule is C[C@H](NC(=O)[C@@H]1CC[C@@H](C(F)(F)F)NC1=O)C(=O)O. The molecule has 1 rings (SSSR count). The van der Waals surface area contributed by atoms with Crippen LogP contribution in [0.25, 0.3) is 0 Å². The number of nitrogens with one attached hydrogen (secondary N) is 2. The second kappa shape index (κ2) is 5.45. The fourth-order valence-electron chi connectivity index (χ4n) is 1.68. The maximum Gasteiger partial charge on any atom is 0.408 e. The Hall–Kier alpha value is -1.80. The summed E-state index contributed by atoms with van der Waals surface area (Å²) in [5.41, 5.74) is 0. The molecule has 1 aliphatic heterocycles. The minimum absolute atomic E-state index is 0.270. The lowest BCUT2D eigenvalue weighted by Crippen LogP contribution is -2.55. The van der Waals surface area contributed by atoms with Crippen LogP contribution in [0.3, 0.4) is 0 Å².